The molecule has 0 bridgehead atoms. The van der Waals surface area contributed by atoms with E-state index in [2.05, 4.69) is 15.6 Å². The highest BCUT2D eigenvalue weighted by molar-refractivity contribution is 6.36. The molecule has 0 aliphatic carbocycles. The number of nitrogens with one attached hydrogen (secondary N) is 2. The zero-order valence-corrected chi connectivity index (χ0v) is 11.6. The topological polar surface area (TPSA) is 54.0 Å². The number of pyridine rings is 1. The summed E-state index contributed by atoms with van der Waals surface area (Å²) < 4.78 is 0. The van der Waals surface area contributed by atoms with Gasteiger partial charge in [0.2, 0.25) is 0 Å². The van der Waals surface area contributed by atoms with Gasteiger partial charge in [-0.2, -0.15) is 0 Å². The predicted molar refractivity (Wildman–Crippen MR) is 78.2 cm³/mol. The first kappa shape index (κ1) is 13.6. The maximum absolute atomic E-state index is 12.0. The Morgan fingerprint density at radius 1 is 1.21 bits per heavy atom. The Hall–Kier alpha value is -1.78. The summed E-state index contributed by atoms with van der Waals surface area (Å²) in [5, 5.41) is 6.50. The van der Waals surface area contributed by atoms with Crippen molar-refractivity contribution in [3.05, 3.63) is 52.3 Å². The van der Waals surface area contributed by atoms with Crippen molar-refractivity contribution < 1.29 is 4.79 Å². The molecule has 0 saturated carbocycles. The lowest BCUT2D eigenvalue weighted by atomic mass is 10.3. The second-order valence-electron chi connectivity index (χ2n) is 3.76. The van der Waals surface area contributed by atoms with Crippen LogP contribution in [-0.2, 0) is 0 Å². The quantitative estimate of drug-likeness (QED) is 0.908. The van der Waals surface area contributed by atoms with Gasteiger partial charge >= 0.3 is 0 Å². The van der Waals surface area contributed by atoms with Gasteiger partial charge in [-0.1, -0.05) is 23.2 Å². The number of hydrogen-bond donors (Lipinski definition) is 2. The molecule has 0 unspecified atom stereocenters. The normalized spacial score (nSPS) is 10.1. The summed E-state index contributed by atoms with van der Waals surface area (Å²) >= 11 is 11.8. The van der Waals surface area contributed by atoms with E-state index in [0.717, 1.165) is 5.69 Å². The second kappa shape index (κ2) is 5.91. The molecule has 6 heteroatoms. The molecule has 1 amide bonds. The summed E-state index contributed by atoms with van der Waals surface area (Å²) in [6.45, 7) is 0. The fourth-order valence-corrected chi connectivity index (χ4v) is 1.91. The summed E-state index contributed by atoms with van der Waals surface area (Å²) in [7, 11) is 1.78. The lowest BCUT2D eigenvalue weighted by Gasteiger charge is -2.07. The molecular formula is C13H11Cl2N3O. The summed E-state index contributed by atoms with van der Waals surface area (Å²) in [4.78, 5) is 16.0. The number of hydrogen-bond acceptors (Lipinski definition) is 3. The lowest BCUT2D eigenvalue weighted by Crippen LogP contribution is -2.13. The maximum atomic E-state index is 12.0. The number of amides is 1. The highest BCUT2D eigenvalue weighted by Gasteiger charge is 2.09. The minimum Gasteiger partial charge on any atom is -0.387 e. The summed E-state index contributed by atoms with van der Waals surface area (Å²) in [6.07, 6.45) is 1.58. The standard InChI is InChI=1S/C13H11Cl2N3O/c1-16-9-3-5-12(17-7-9)13(19)18-11-4-2-8(14)6-10(11)15/h2-7,16H,1H3,(H,18,19). The highest BCUT2D eigenvalue weighted by Crippen LogP contribution is 2.25. The molecule has 4 nitrogen and oxygen atoms in total. The molecule has 0 saturated heterocycles. The molecule has 0 aliphatic rings. The Bertz CT molecular complexity index is 599. The third-order valence-electron chi connectivity index (χ3n) is 2.46. The molecule has 0 radical (unpaired) electrons. The van der Waals surface area contributed by atoms with Gasteiger partial charge in [0.05, 0.1) is 22.6 Å². The van der Waals surface area contributed by atoms with Crippen LogP contribution in [0.4, 0.5) is 11.4 Å². The molecular weight excluding hydrogens is 285 g/mol. The molecule has 2 rings (SSSR count). The smallest absolute Gasteiger partial charge is 0.274 e. The first-order valence-corrected chi connectivity index (χ1v) is 6.26. The van der Waals surface area contributed by atoms with E-state index < -0.39 is 0 Å². The van der Waals surface area contributed by atoms with Crippen LogP contribution in [-0.4, -0.2) is 17.9 Å². The molecule has 19 heavy (non-hydrogen) atoms. The third-order valence-corrected chi connectivity index (χ3v) is 3.01. The van der Waals surface area contributed by atoms with Crippen molar-refractivity contribution >= 4 is 40.5 Å². The van der Waals surface area contributed by atoms with Crippen LogP contribution >= 0.6 is 23.2 Å². The zero-order valence-electron chi connectivity index (χ0n) is 10.1. The fourth-order valence-electron chi connectivity index (χ4n) is 1.45. The van der Waals surface area contributed by atoms with Gasteiger partial charge in [-0.15, -0.1) is 0 Å². The average Bonchev–Trinajstić information content (AvgIpc) is 2.42. The van der Waals surface area contributed by atoms with Crippen molar-refractivity contribution in [2.75, 3.05) is 17.7 Å². The molecule has 1 heterocycles. The van der Waals surface area contributed by atoms with Crippen LogP contribution in [0.25, 0.3) is 0 Å². The SMILES string of the molecule is CNc1ccc(C(=O)Nc2ccc(Cl)cc2Cl)nc1. The van der Waals surface area contributed by atoms with Gasteiger partial charge < -0.3 is 10.6 Å². The first-order chi connectivity index (χ1) is 9.10. The van der Waals surface area contributed by atoms with E-state index >= 15 is 0 Å². The van der Waals surface area contributed by atoms with Crippen LogP contribution < -0.4 is 10.6 Å². The minimum absolute atomic E-state index is 0.310. The van der Waals surface area contributed by atoms with Crippen molar-refractivity contribution in [3.63, 3.8) is 0 Å². The molecule has 1 aromatic carbocycles. The Kier molecular flexibility index (Phi) is 4.24. The largest absolute Gasteiger partial charge is 0.387 e. The monoisotopic (exact) mass is 295 g/mol. The van der Waals surface area contributed by atoms with Gasteiger partial charge in [-0.25, -0.2) is 4.98 Å². The maximum Gasteiger partial charge on any atom is 0.274 e. The van der Waals surface area contributed by atoms with Gasteiger partial charge in [0, 0.05) is 12.1 Å². The number of carbonyl (C=O) groups is 1. The number of rotatable bonds is 3. The van der Waals surface area contributed by atoms with Crippen molar-refractivity contribution in [1.29, 1.82) is 0 Å². The number of halogens is 2. The van der Waals surface area contributed by atoms with Crippen LogP contribution in [0.1, 0.15) is 10.5 Å². The highest BCUT2D eigenvalue weighted by atomic mass is 35.5. The van der Waals surface area contributed by atoms with Crippen molar-refractivity contribution in [2.24, 2.45) is 0 Å². The zero-order chi connectivity index (χ0) is 13.8. The van der Waals surface area contributed by atoms with Gasteiger partial charge in [-0.3, -0.25) is 4.79 Å². The van der Waals surface area contributed by atoms with E-state index in [-0.39, 0.29) is 5.91 Å². The fraction of sp³-hybridized carbons (Fsp3) is 0.0769. The first-order valence-electron chi connectivity index (χ1n) is 5.50. The number of carbonyl (C=O) groups excluding carboxylic acids is 1. The summed E-state index contributed by atoms with van der Waals surface area (Å²) in [5.41, 5.74) is 1.64. The van der Waals surface area contributed by atoms with E-state index in [1.54, 1.807) is 43.6 Å². The second-order valence-corrected chi connectivity index (χ2v) is 4.60. The third kappa shape index (κ3) is 3.36. The van der Waals surface area contributed by atoms with Crippen LogP contribution in [0.5, 0.6) is 0 Å². The molecule has 0 atom stereocenters. The number of anilines is 2. The lowest BCUT2D eigenvalue weighted by molar-refractivity contribution is 0.102. The molecule has 0 spiro atoms. The number of benzene rings is 1. The van der Waals surface area contributed by atoms with Crippen LogP contribution in [0, 0.1) is 0 Å². The number of aromatic nitrogens is 1. The Morgan fingerprint density at radius 2 is 2.00 bits per heavy atom. The van der Waals surface area contributed by atoms with E-state index in [1.807, 2.05) is 0 Å². The van der Waals surface area contributed by atoms with Gasteiger partial charge in [0.25, 0.3) is 5.91 Å². The molecule has 2 N–H and O–H groups in total. The van der Waals surface area contributed by atoms with Gasteiger partial charge in [-0.05, 0) is 30.3 Å². The Morgan fingerprint density at radius 3 is 2.58 bits per heavy atom. The predicted octanol–water partition coefficient (Wildman–Crippen LogP) is 3.68. The van der Waals surface area contributed by atoms with Crippen molar-refractivity contribution in [3.8, 4) is 0 Å². The van der Waals surface area contributed by atoms with E-state index in [0.29, 0.717) is 21.4 Å². The van der Waals surface area contributed by atoms with E-state index in [9.17, 15) is 4.79 Å². The van der Waals surface area contributed by atoms with Gasteiger partial charge in [0.1, 0.15) is 5.69 Å². The van der Waals surface area contributed by atoms with E-state index in [1.165, 1.54) is 0 Å². The molecule has 1 aromatic heterocycles. The molecule has 0 fully saturated rings. The Balaban J connectivity index is 2.15. The van der Waals surface area contributed by atoms with Crippen molar-refractivity contribution in [2.45, 2.75) is 0 Å². The molecule has 2 aromatic rings. The molecule has 0 aliphatic heterocycles. The van der Waals surface area contributed by atoms with Gasteiger partial charge in [0.15, 0.2) is 0 Å². The van der Waals surface area contributed by atoms with Crippen LogP contribution in [0.15, 0.2) is 36.5 Å². The van der Waals surface area contributed by atoms with E-state index in [4.69, 9.17) is 23.2 Å². The Labute approximate surface area is 120 Å². The summed E-state index contributed by atoms with van der Waals surface area (Å²) in [6, 6.07) is 8.26. The minimum atomic E-state index is -0.327. The summed E-state index contributed by atoms with van der Waals surface area (Å²) in [5.74, 6) is -0.327. The molecule has 98 valence electrons. The average molecular weight is 296 g/mol. The van der Waals surface area contributed by atoms with Crippen LogP contribution in [0.3, 0.4) is 0 Å². The van der Waals surface area contributed by atoms with Crippen molar-refractivity contribution in [1.82, 2.24) is 4.98 Å². The van der Waals surface area contributed by atoms with Crippen LogP contribution in [0.2, 0.25) is 10.0 Å². The number of nitrogens with zero attached hydrogens (tertiary/aromatic N) is 1.